The fraction of sp³-hybridized carbons (Fsp3) is 0.300. The van der Waals surface area contributed by atoms with Crippen LogP contribution in [0.4, 0.5) is 4.39 Å². The average molecular weight is 502 g/mol. The fourth-order valence-electron chi connectivity index (χ4n) is 4.43. The number of methoxy groups -OCH3 is 1. The number of amides is 1. The summed E-state index contributed by atoms with van der Waals surface area (Å²) in [6, 6.07) is 17.8. The van der Waals surface area contributed by atoms with Crippen LogP contribution < -0.4 is 10.3 Å². The normalized spacial score (nSPS) is 12.1. The number of hydrogen-bond acceptors (Lipinski definition) is 4. The van der Waals surface area contributed by atoms with Crippen molar-refractivity contribution in [3.8, 4) is 11.4 Å². The van der Waals surface area contributed by atoms with Crippen LogP contribution in [0.5, 0.6) is 5.75 Å². The first-order valence-corrected chi connectivity index (χ1v) is 12.4. The van der Waals surface area contributed by atoms with Crippen molar-refractivity contribution in [2.45, 2.75) is 40.2 Å². The van der Waals surface area contributed by atoms with Gasteiger partial charge < -0.3 is 9.64 Å². The summed E-state index contributed by atoms with van der Waals surface area (Å²) < 4.78 is 21.2. The van der Waals surface area contributed by atoms with Gasteiger partial charge in [0.25, 0.3) is 11.5 Å². The molecule has 0 spiro atoms. The molecule has 0 fully saturated rings. The molecule has 1 unspecified atom stereocenters. The van der Waals surface area contributed by atoms with E-state index in [1.54, 1.807) is 40.8 Å². The Hall–Kier alpha value is -4.00. The number of hydrogen-bond donors (Lipinski definition) is 0. The van der Waals surface area contributed by atoms with E-state index in [2.05, 4.69) is 13.8 Å². The minimum Gasteiger partial charge on any atom is -0.495 e. The molecule has 37 heavy (non-hydrogen) atoms. The molecule has 1 atom stereocenters. The van der Waals surface area contributed by atoms with E-state index < -0.39 is 11.9 Å². The predicted molar refractivity (Wildman–Crippen MR) is 144 cm³/mol. The highest BCUT2D eigenvalue weighted by molar-refractivity contribution is 5.94. The molecule has 0 radical (unpaired) electrons. The second kappa shape index (κ2) is 10.9. The van der Waals surface area contributed by atoms with Gasteiger partial charge in [-0.1, -0.05) is 38.1 Å². The van der Waals surface area contributed by atoms with Crippen LogP contribution in [0.1, 0.15) is 55.0 Å². The van der Waals surface area contributed by atoms with E-state index in [-0.39, 0.29) is 17.0 Å². The van der Waals surface area contributed by atoms with E-state index in [1.165, 1.54) is 18.2 Å². The van der Waals surface area contributed by atoms with E-state index in [4.69, 9.17) is 9.72 Å². The lowest BCUT2D eigenvalue weighted by atomic mass is 10.1. The quantitative estimate of drug-likeness (QED) is 0.293. The van der Waals surface area contributed by atoms with Crippen molar-refractivity contribution >= 4 is 16.8 Å². The van der Waals surface area contributed by atoms with Crippen molar-refractivity contribution in [2.24, 2.45) is 5.92 Å². The molecule has 0 saturated heterocycles. The zero-order valence-corrected chi connectivity index (χ0v) is 21.9. The topological polar surface area (TPSA) is 64.4 Å². The van der Waals surface area contributed by atoms with Crippen LogP contribution in [-0.4, -0.2) is 34.0 Å². The molecule has 192 valence electrons. The zero-order chi connectivity index (χ0) is 26.7. The molecular formula is C30H32FN3O3. The summed E-state index contributed by atoms with van der Waals surface area (Å²) in [5.41, 5.74) is 2.03. The number of halogens is 1. The number of carbonyl (C=O) groups excluding carboxylic acids is 1. The van der Waals surface area contributed by atoms with E-state index in [1.807, 2.05) is 38.1 Å². The summed E-state index contributed by atoms with van der Waals surface area (Å²) in [6.45, 7) is 8.37. The van der Waals surface area contributed by atoms with Crippen LogP contribution in [0.25, 0.3) is 16.6 Å². The number of fused-ring (bicyclic) bond motifs is 1. The monoisotopic (exact) mass is 501 g/mol. The van der Waals surface area contributed by atoms with Crippen LogP contribution >= 0.6 is 0 Å². The van der Waals surface area contributed by atoms with Gasteiger partial charge in [-0.25, -0.2) is 9.37 Å². The molecule has 0 aliphatic heterocycles. The zero-order valence-electron chi connectivity index (χ0n) is 21.9. The van der Waals surface area contributed by atoms with Gasteiger partial charge in [-0.05, 0) is 74.2 Å². The van der Waals surface area contributed by atoms with E-state index in [9.17, 15) is 14.0 Å². The van der Waals surface area contributed by atoms with E-state index in [0.29, 0.717) is 40.6 Å². The van der Waals surface area contributed by atoms with Crippen LogP contribution in [0.15, 0.2) is 71.5 Å². The molecule has 0 saturated carbocycles. The smallest absolute Gasteiger partial charge is 0.266 e. The van der Waals surface area contributed by atoms with Crippen molar-refractivity contribution in [3.63, 3.8) is 0 Å². The number of carbonyl (C=O) groups is 1. The molecular weight excluding hydrogens is 469 g/mol. The summed E-state index contributed by atoms with van der Waals surface area (Å²) in [5, 5.41) is 0.465. The summed E-state index contributed by atoms with van der Waals surface area (Å²) in [5.74, 6) is 0.452. The lowest BCUT2D eigenvalue weighted by molar-refractivity contribution is 0.0671. The number of ether oxygens (including phenoxy) is 1. The molecule has 6 nitrogen and oxygen atoms in total. The van der Waals surface area contributed by atoms with Gasteiger partial charge in [0.15, 0.2) is 0 Å². The van der Waals surface area contributed by atoms with Gasteiger partial charge in [-0.2, -0.15) is 0 Å². The number of para-hydroxylation sites is 1. The van der Waals surface area contributed by atoms with Gasteiger partial charge in [0.1, 0.15) is 17.4 Å². The Bertz CT molecular complexity index is 1500. The molecule has 4 rings (SSSR count). The molecule has 3 aromatic carbocycles. The number of rotatable bonds is 8. The first-order chi connectivity index (χ1) is 17.7. The maximum absolute atomic E-state index is 14.0. The number of benzene rings is 3. The van der Waals surface area contributed by atoms with E-state index >= 15 is 0 Å². The van der Waals surface area contributed by atoms with Gasteiger partial charge in [-0.15, -0.1) is 0 Å². The van der Waals surface area contributed by atoms with Crippen molar-refractivity contribution in [3.05, 3.63) is 99.9 Å². The SMILES string of the molecule is COc1ccc(C)cc1-n1c(C(C)N(CCC(C)C)C(=O)c2cccc(F)c2)nc2ccccc2c1=O. The van der Waals surface area contributed by atoms with Crippen molar-refractivity contribution in [1.82, 2.24) is 14.5 Å². The predicted octanol–water partition coefficient (Wildman–Crippen LogP) is 6.09. The molecule has 0 aliphatic rings. The van der Waals surface area contributed by atoms with Crippen LogP contribution in [0.3, 0.4) is 0 Å². The Kier molecular flexibility index (Phi) is 7.71. The minimum absolute atomic E-state index is 0.249. The number of aryl methyl sites for hydroxylation is 1. The molecule has 0 bridgehead atoms. The highest BCUT2D eigenvalue weighted by Gasteiger charge is 2.28. The second-order valence-corrected chi connectivity index (χ2v) is 9.67. The third-order valence-corrected chi connectivity index (χ3v) is 6.50. The Morgan fingerprint density at radius 2 is 1.81 bits per heavy atom. The highest BCUT2D eigenvalue weighted by Crippen LogP contribution is 2.29. The average Bonchev–Trinajstić information content (AvgIpc) is 2.88. The van der Waals surface area contributed by atoms with Gasteiger partial charge in [-0.3, -0.25) is 14.2 Å². The maximum atomic E-state index is 14.0. The van der Waals surface area contributed by atoms with Gasteiger partial charge >= 0.3 is 0 Å². The largest absolute Gasteiger partial charge is 0.495 e. The minimum atomic E-state index is -0.600. The highest BCUT2D eigenvalue weighted by atomic mass is 19.1. The standard InChI is InChI=1S/C30H32FN3O3/c1-19(2)15-16-33(29(35)22-9-8-10-23(31)18-22)21(4)28-32-25-12-7-6-11-24(25)30(36)34(28)26-17-20(3)13-14-27(26)37-5/h6-14,17-19,21H,15-16H2,1-5H3. The van der Waals surface area contributed by atoms with E-state index in [0.717, 1.165) is 12.0 Å². The second-order valence-electron chi connectivity index (χ2n) is 9.67. The molecule has 1 aromatic heterocycles. The molecule has 4 aromatic rings. The Morgan fingerprint density at radius 1 is 1.05 bits per heavy atom. The van der Waals surface area contributed by atoms with Crippen LogP contribution in [0.2, 0.25) is 0 Å². The molecule has 7 heteroatoms. The number of nitrogens with zero attached hydrogens (tertiary/aromatic N) is 3. The number of aromatic nitrogens is 2. The Labute approximate surface area is 216 Å². The third kappa shape index (κ3) is 5.40. The Morgan fingerprint density at radius 3 is 2.51 bits per heavy atom. The van der Waals surface area contributed by atoms with Gasteiger partial charge in [0.2, 0.25) is 0 Å². The Balaban J connectivity index is 1.96. The molecule has 0 N–H and O–H groups in total. The third-order valence-electron chi connectivity index (χ3n) is 6.50. The first kappa shape index (κ1) is 26.1. The lowest BCUT2D eigenvalue weighted by Crippen LogP contribution is -2.38. The first-order valence-electron chi connectivity index (χ1n) is 12.4. The molecule has 1 amide bonds. The molecule has 1 heterocycles. The van der Waals surface area contributed by atoms with Crippen LogP contribution in [-0.2, 0) is 0 Å². The van der Waals surface area contributed by atoms with Crippen molar-refractivity contribution in [2.75, 3.05) is 13.7 Å². The summed E-state index contributed by atoms with van der Waals surface area (Å²) in [6.07, 6.45) is 0.733. The van der Waals surface area contributed by atoms with Crippen molar-refractivity contribution < 1.29 is 13.9 Å². The lowest BCUT2D eigenvalue weighted by Gasteiger charge is -2.31. The van der Waals surface area contributed by atoms with Gasteiger partial charge in [0, 0.05) is 12.1 Å². The fourth-order valence-corrected chi connectivity index (χ4v) is 4.43. The summed E-state index contributed by atoms with van der Waals surface area (Å²) in [7, 11) is 1.55. The summed E-state index contributed by atoms with van der Waals surface area (Å²) >= 11 is 0. The van der Waals surface area contributed by atoms with Gasteiger partial charge in [0.05, 0.1) is 29.7 Å². The maximum Gasteiger partial charge on any atom is 0.266 e. The van der Waals surface area contributed by atoms with Crippen LogP contribution in [0, 0.1) is 18.7 Å². The summed E-state index contributed by atoms with van der Waals surface area (Å²) in [4.78, 5) is 34.2. The van der Waals surface area contributed by atoms with Crippen molar-refractivity contribution in [1.29, 1.82) is 0 Å². The molecule has 0 aliphatic carbocycles.